The fourth-order valence-electron chi connectivity index (χ4n) is 1.79. The normalized spacial score (nSPS) is 13.4. The summed E-state index contributed by atoms with van der Waals surface area (Å²) in [5.74, 6) is 1.46. The highest BCUT2D eigenvalue weighted by Crippen LogP contribution is 2.25. The van der Waals surface area contributed by atoms with Crippen molar-refractivity contribution in [1.29, 1.82) is 0 Å². The third-order valence-corrected chi connectivity index (χ3v) is 3.53. The molecule has 19 heavy (non-hydrogen) atoms. The number of alkyl halides is 1. The first kappa shape index (κ1) is 16.3. The molecule has 1 unspecified atom stereocenters. The molecule has 0 amide bonds. The number of likely N-dealkylation sites (N-methyl/N-ethyl adjacent to an activating group) is 1. The van der Waals surface area contributed by atoms with E-state index in [9.17, 15) is 0 Å². The first-order valence-electron chi connectivity index (χ1n) is 6.58. The molecule has 0 N–H and O–H groups in total. The predicted octanol–water partition coefficient (Wildman–Crippen LogP) is 3.59. The van der Waals surface area contributed by atoms with Crippen molar-refractivity contribution in [3.8, 4) is 0 Å². The Hall–Kier alpha value is -0.800. The summed E-state index contributed by atoms with van der Waals surface area (Å²) in [6.45, 7) is 9.28. The summed E-state index contributed by atoms with van der Waals surface area (Å²) in [6.07, 6.45) is 0. The molecule has 0 bridgehead atoms. The van der Waals surface area contributed by atoms with Crippen LogP contribution in [-0.4, -0.2) is 31.8 Å². The van der Waals surface area contributed by atoms with Crippen molar-refractivity contribution in [2.45, 2.75) is 45.0 Å². The van der Waals surface area contributed by atoms with Gasteiger partial charge in [-0.05, 0) is 24.6 Å². The van der Waals surface area contributed by atoms with Gasteiger partial charge >= 0.3 is 0 Å². The van der Waals surface area contributed by atoms with Gasteiger partial charge in [0.25, 0.3) is 0 Å². The van der Waals surface area contributed by atoms with Crippen LogP contribution in [0.3, 0.4) is 0 Å². The van der Waals surface area contributed by atoms with Crippen molar-refractivity contribution in [1.82, 2.24) is 4.98 Å². The highest BCUT2D eigenvalue weighted by atomic mass is 35.5. The van der Waals surface area contributed by atoms with Crippen molar-refractivity contribution in [2.24, 2.45) is 0 Å². The molecule has 1 atom stereocenters. The van der Waals surface area contributed by atoms with E-state index in [1.807, 2.05) is 7.05 Å². The molecule has 0 aromatic carbocycles. The van der Waals surface area contributed by atoms with Crippen LogP contribution in [0.2, 0.25) is 0 Å². The maximum Gasteiger partial charge on any atom is 0.129 e. The van der Waals surface area contributed by atoms with Crippen LogP contribution in [0.15, 0.2) is 12.1 Å². The number of methoxy groups -OCH3 is 1. The molecule has 0 fully saturated rings. The molecule has 0 saturated carbocycles. The molecule has 1 aromatic heterocycles. The van der Waals surface area contributed by atoms with E-state index < -0.39 is 0 Å². The fraction of sp³-hybridized carbons (Fsp3) is 0.667. The number of aromatic nitrogens is 1. The smallest absolute Gasteiger partial charge is 0.129 e. The lowest BCUT2D eigenvalue weighted by Gasteiger charge is -2.28. The standard InChI is InChI=1S/C15H25ClN2O/c1-11(10-19-6)18(5)14-8-12(9-16)7-13(17-14)15(2,3)4/h7-8,11H,9-10H2,1-6H3. The van der Waals surface area contributed by atoms with Gasteiger partial charge in [-0.25, -0.2) is 4.98 Å². The van der Waals surface area contributed by atoms with E-state index in [4.69, 9.17) is 21.3 Å². The molecule has 1 rings (SSSR count). The van der Waals surface area contributed by atoms with Crippen molar-refractivity contribution in [2.75, 3.05) is 25.7 Å². The number of halogens is 1. The molecule has 3 nitrogen and oxygen atoms in total. The Morgan fingerprint density at radius 2 is 2.00 bits per heavy atom. The highest BCUT2D eigenvalue weighted by Gasteiger charge is 2.19. The third kappa shape index (κ3) is 4.36. The minimum atomic E-state index is 0.0160. The Bertz CT molecular complexity index is 415. The van der Waals surface area contributed by atoms with Crippen LogP contribution >= 0.6 is 11.6 Å². The summed E-state index contributed by atoms with van der Waals surface area (Å²) in [4.78, 5) is 6.90. The Morgan fingerprint density at radius 3 is 2.47 bits per heavy atom. The summed E-state index contributed by atoms with van der Waals surface area (Å²) >= 11 is 6.00. The van der Waals surface area contributed by atoms with Crippen LogP contribution in [0, 0.1) is 0 Å². The number of ether oxygens (including phenoxy) is 1. The van der Waals surface area contributed by atoms with Gasteiger partial charge in [-0.15, -0.1) is 11.6 Å². The molecule has 1 aromatic rings. The van der Waals surface area contributed by atoms with E-state index in [0.29, 0.717) is 12.5 Å². The molecule has 0 radical (unpaired) electrons. The summed E-state index contributed by atoms with van der Waals surface area (Å²) in [6, 6.07) is 4.41. The lowest BCUT2D eigenvalue weighted by molar-refractivity contribution is 0.183. The second kappa shape index (κ2) is 6.58. The van der Waals surface area contributed by atoms with E-state index in [1.165, 1.54) is 0 Å². The van der Waals surface area contributed by atoms with Crippen LogP contribution in [0.5, 0.6) is 0 Å². The van der Waals surface area contributed by atoms with Crippen molar-refractivity contribution in [3.63, 3.8) is 0 Å². The molecule has 1 heterocycles. The molecular weight excluding hydrogens is 260 g/mol. The van der Waals surface area contributed by atoms with Crippen LogP contribution < -0.4 is 4.90 Å². The third-order valence-electron chi connectivity index (χ3n) is 3.22. The molecule has 108 valence electrons. The maximum atomic E-state index is 6.00. The first-order chi connectivity index (χ1) is 8.79. The van der Waals surface area contributed by atoms with Gasteiger partial charge in [-0.1, -0.05) is 20.8 Å². The zero-order valence-corrected chi connectivity index (χ0v) is 13.6. The van der Waals surface area contributed by atoms with E-state index in [1.54, 1.807) is 7.11 Å². The monoisotopic (exact) mass is 284 g/mol. The lowest BCUT2D eigenvalue weighted by Crippen LogP contribution is -2.33. The number of hydrogen-bond acceptors (Lipinski definition) is 3. The van der Waals surface area contributed by atoms with Gasteiger partial charge in [0, 0.05) is 31.1 Å². The van der Waals surface area contributed by atoms with Gasteiger partial charge in [0.05, 0.1) is 12.6 Å². The van der Waals surface area contributed by atoms with Gasteiger partial charge in [0.2, 0.25) is 0 Å². The first-order valence-corrected chi connectivity index (χ1v) is 7.12. The van der Waals surface area contributed by atoms with Crippen LogP contribution in [0.1, 0.15) is 39.0 Å². The second-order valence-electron chi connectivity index (χ2n) is 6.02. The van der Waals surface area contributed by atoms with Gasteiger partial charge in [0.1, 0.15) is 5.82 Å². The van der Waals surface area contributed by atoms with Crippen molar-refractivity contribution >= 4 is 17.4 Å². The fourth-order valence-corrected chi connectivity index (χ4v) is 1.95. The Labute approximate surface area is 121 Å². The molecule has 0 aliphatic rings. The minimum absolute atomic E-state index is 0.0160. The van der Waals surface area contributed by atoms with Crippen LogP contribution in [-0.2, 0) is 16.0 Å². The topological polar surface area (TPSA) is 25.4 Å². The summed E-state index contributed by atoms with van der Waals surface area (Å²) in [5.41, 5.74) is 2.19. The van der Waals surface area contributed by atoms with Gasteiger partial charge in [-0.3, -0.25) is 0 Å². The number of rotatable bonds is 5. The second-order valence-corrected chi connectivity index (χ2v) is 6.28. The van der Waals surface area contributed by atoms with Crippen molar-refractivity contribution < 1.29 is 4.74 Å². The number of pyridine rings is 1. The quantitative estimate of drug-likeness (QED) is 0.773. The molecule has 0 aliphatic carbocycles. The summed E-state index contributed by atoms with van der Waals surface area (Å²) in [5, 5.41) is 0. The average molecular weight is 285 g/mol. The molecular formula is C15H25ClN2O. The van der Waals surface area contributed by atoms with E-state index in [0.717, 1.165) is 17.1 Å². The van der Waals surface area contributed by atoms with Gasteiger partial charge in [0.15, 0.2) is 0 Å². The Kier molecular flexibility index (Phi) is 5.63. The van der Waals surface area contributed by atoms with Crippen LogP contribution in [0.25, 0.3) is 0 Å². The van der Waals surface area contributed by atoms with E-state index in [-0.39, 0.29) is 11.5 Å². The maximum absolute atomic E-state index is 6.00. The summed E-state index contributed by atoms with van der Waals surface area (Å²) in [7, 11) is 3.75. The summed E-state index contributed by atoms with van der Waals surface area (Å²) < 4.78 is 5.20. The molecule has 0 spiro atoms. The van der Waals surface area contributed by atoms with Crippen molar-refractivity contribution in [3.05, 3.63) is 23.4 Å². The van der Waals surface area contributed by atoms with Gasteiger partial charge < -0.3 is 9.64 Å². The minimum Gasteiger partial charge on any atom is -0.383 e. The largest absolute Gasteiger partial charge is 0.383 e. The Morgan fingerprint density at radius 1 is 1.37 bits per heavy atom. The number of hydrogen-bond donors (Lipinski definition) is 0. The SMILES string of the molecule is COCC(C)N(C)c1cc(CCl)cc(C(C)(C)C)n1. The number of nitrogens with zero attached hydrogens (tertiary/aromatic N) is 2. The zero-order valence-electron chi connectivity index (χ0n) is 12.8. The van der Waals surface area contributed by atoms with E-state index >= 15 is 0 Å². The molecule has 4 heteroatoms. The van der Waals surface area contributed by atoms with Crippen LogP contribution in [0.4, 0.5) is 5.82 Å². The molecule has 0 saturated heterocycles. The zero-order chi connectivity index (χ0) is 14.6. The molecule has 0 aliphatic heterocycles. The van der Waals surface area contributed by atoms with E-state index in [2.05, 4.69) is 44.7 Å². The number of anilines is 1. The Balaban J connectivity index is 3.13. The lowest BCUT2D eigenvalue weighted by atomic mass is 9.91. The van der Waals surface area contributed by atoms with Gasteiger partial charge in [-0.2, -0.15) is 0 Å². The average Bonchev–Trinajstić information content (AvgIpc) is 2.36. The predicted molar refractivity (Wildman–Crippen MR) is 82.2 cm³/mol. The highest BCUT2D eigenvalue weighted by molar-refractivity contribution is 6.17.